The van der Waals surface area contributed by atoms with Crippen molar-refractivity contribution in [3.8, 4) is 0 Å². The number of rotatable bonds is 3. The molecule has 15 heavy (non-hydrogen) atoms. The van der Waals surface area contributed by atoms with Gasteiger partial charge in [-0.05, 0) is 12.2 Å². The van der Waals surface area contributed by atoms with Crippen LogP contribution < -0.4 is 0 Å². The third-order valence-corrected chi connectivity index (χ3v) is 1.29. The molecular formula is C13H22N2. The third-order valence-electron chi connectivity index (χ3n) is 1.29. The number of imidazole rings is 1. The molecule has 0 aliphatic heterocycles. The highest BCUT2D eigenvalue weighted by molar-refractivity contribution is 5.58. The Morgan fingerprint density at radius 3 is 2.27 bits per heavy atom. The summed E-state index contributed by atoms with van der Waals surface area (Å²) >= 11 is 0. The van der Waals surface area contributed by atoms with Crippen molar-refractivity contribution in [3.05, 3.63) is 43.0 Å². The minimum absolute atomic E-state index is 0.864. The highest BCUT2D eigenvalue weighted by Crippen LogP contribution is 2.05. The van der Waals surface area contributed by atoms with Crippen molar-refractivity contribution in [1.29, 1.82) is 0 Å². The van der Waals surface area contributed by atoms with Crippen LogP contribution in [-0.4, -0.2) is 9.97 Å². The summed E-state index contributed by atoms with van der Waals surface area (Å²) in [4.78, 5) is 7.00. The van der Waals surface area contributed by atoms with Crippen molar-refractivity contribution in [2.24, 2.45) is 0 Å². The molecule has 0 amide bonds. The summed E-state index contributed by atoms with van der Waals surface area (Å²) in [6.45, 7) is 15.2. The molecule has 1 aromatic heterocycles. The maximum atomic E-state index is 4.03. The predicted octanol–water partition coefficient (Wildman–Crippen LogP) is 4.30. The van der Waals surface area contributed by atoms with E-state index in [1.807, 2.05) is 39.8 Å². The molecule has 1 heterocycles. The van der Waals surface area contributed by atoms with Crippen LogP contribution in [0.2, 0.25) is 0 Å². The quantitative estimate of drug-likeness (QED) is 0.734. The second kappa shape index (κ2) is 12.4. The standard InChI is InChI=1S/C9H10N2.2C2H6/c1-3-5-6-9-8(4-2)10-7-11-9;2*1-2/h3-7H,1-2H2,(H,10,11);2*1-2H3/b6-5-;;. The minimum Gasteiger partial charge on any atom is -0.345 e. The van der Waals surface area contributed by atoms with Crippen LogP contribution >= 0.6 is 0 Å². The van der Waals surface area contributed by atoms with Gasteiger partial charge in [0.25, 0.3) is 0 Å². The second-order valence-electron chi connectivity index (χ2n) is 2.00. The molecule has 0 bridgehead atoms. The number of hydrogen-bond donors (Lipinski definition) is 1. The van der Waals surface area contributed by atoms with Gasteiger partial charge < -0.3 is 4.98 Å². The van der Waals surface area contributed by atoms with E-state index in [0.29, 0.717) is 0 Å². The number of nitrogens with one attached hydrogen (secondary N) is 1. The number of allylic oxidation sites excluding steroid dienone is 2. The lowest BCUT2D eigenvalue weighted by atomic mass is 10.3. The molecule has 0 saturated carbocycles. The van der Waals surface area contributed by atoms with E-state index in [4.69, 9.17) is 0 Å². The van der Waals surface area contributed by atoms with E-state index in [9.17, 15) is 0 Å². The minimum atomic E-state index is 0.864. The highest BCUT2D eigenvalue weighted by Gasteiger charge is 1.94. The van der Waals surface area contributed by atoms with E-state index < -0.39 is 0 Å². The SMILES string of the molecule is C=C/C=C\c1[nH]cnc1C=C.CC.CC. The van der Waals surface area contributed by atoms with Gasteiger partial charge >= 0.3 is 0 Å². The zero-order valence-corrected chi connectivity index (χ0v) is 10.2. The predicted molar refractivity (Wildman–Crippen MR) is 70.6 cm³/mol. The molecule has 0 aromatic carbocycles. The number of aromatic nitrogens is 2. The first-order valence-corrected chi connectivity index (χ1v) is 5.33. The first-order chi connectivity index (χ1) is 7.38. The van der Waals surface area contributed by atoms with Crippen LogP contribution in [0.15, 0.2) is 31.6 Å². The maximum Gasteiger partial charge on any atom is 0.0931 e. The molecule has 84 valence electrons. The van der Waals surface area contributed by atoms with Gasteiger partial charge in [0.05, 0.1) is 17.7 Å². The smallest absolute Gasteiger partial charge is 0.0931 e. The largest absolute Gasteiger partial charge is 0.345 e. The Hall–Kier alpha value is -1.57. The average Bonchev–Trinajstić information content (AvgIpc) is 2.79. The normalized spacial score (nSPS) is 8.27. The number of hydrogen-bond acceptors (Lipinski definition) is 1. The van der Waals surface area contributed by atoms with Crippen molar-refractivity contribution < 1.29 is 0 Å². The lowest BCUT2D eigenvalue weighted by Crippen LogP contribution is -1.74. The monoisotopic (exact) mass is 206 g/mol. The fourth-order valence-electron chi connectivity index (χ4n) is 0.775. The summed E-state index contributed by atoms with van der Waals surface area (Å²) in [5, 5.41) is 0. The third kappa shape index (κ3) is 6.49. The fraction of sp³-hybridized carbons (Fsp3) is 0.308. The fourth-order valence-corrected chi connectivity index (χ4v) is 0.775. The summed E-state index contributed by atoms with van der Waals surface area (Å²) < 4.78 is 0. The molecule has 0 saturated heterocycles. The number of H-pyrrole nitrogens is 1. The van der Waals surface area contributed by atoms with Crippen LogP contribution in [0.5, 0.6) is 0 Å². The van der Waals surface area contributed by atoms with Crippen LogP contribution in [0.3, 0.4) is 0 Å². The Balaban J connectivity index is 0. The Morgan fingerprint density at radius 2 is 1.80 bits per heavy atom. The van der Waals surface area contributed by atoms with Gasteiger partial charge in [0.1, 0.15) is 0 Å². The average molecular weight is 206 g/mol. The van der Waals surface area contributed by atoms with E-state index in [1.165, 1.54) is 0 Å². The van der Waals surface area contributed by atoms with Crippen molar-refractivity contribution in [3.63, 3.8) is 0 Å². The van der Waals surface area contributed by atoms with Gasteiger partial charge in [-0.15, -0.1) is 0 Å². The summed E-state index contributed by atoms with van der Waals surface area (Å²) in [5.41, 5.74) is 1.82. The van der Waals surface area contributed by atoms with Crippen LogP contribution in [-0.2, 0) is 0 Å². The molecule has 1 N–H and O–H groups in total. The van der Waals surface area contributed by atoms with E-state index >= 15 is 0 Å². The van der Waals surface area contributed by atoms with Crippen LogP contribution in [0, 0.1) is 0 Å². The summed E-state index contributed by atoms with van der Waals surface area (Å²) in [6.07, 6.45) is 8.81. The van der Waals surface area contributed by atoms with E-state index in [2.05, 4.69) is 23.1 Å². The molecule has 1 aromatic rings. The van der Waals surface area contributed by atoms with Crippen LogP contribution in [0.25, 0.3) is 12.2 Å². The molecule has 0 aliphatic rings. The van der Waals surface area contributed by atoms with Gasteiger partial charge in [0.2, 0.25) is 0 Å². The molecule has 0 unspecified atom stereocenters. The van der Waals surface area contributed by atoms with Crippen LogP contribution in [0.1, 0.15) is 39.1 Å². The molecule has 0 aliphatic carbocycles. The lowest BCUT2D eigenvalue weighted by molar-refractivity contribution is 1.30. The van der Waals surface area contributed by atoms with Gasteiger partial charge in [-0.2, -0.15) is 0 Å². The lowest BCUT2D eigenvalue weighted by Gasteiger charge is -1.86. The Bertz CT molecular complexity index is 282. The summed E-state index contributed by atoms with van der Waals surface area (Å²) in [5.74, 6) is 0. The van der Waals surface area contributed by atoms with Crippen molar-refractivity contribution >= 4 is 12.2 Å². The van der Waals surface area contributed by atoms with Crippen molar-refractivity contribution in [1.82, 2.24) is 9.97 Å². The van der Waals surface area contributed by atoms with Crippen LogP contribution in [0.4, 0.5) is 0 Å². The van der Waals surface area contributed by atoms with Gasteiger partial charge in [0.15, 0.2) is 0 Å². The van der Waals surface area contributed by atoms with Gasteiger partial charge in [-0.25, -0.2) is 4.98 Å². The number of aromatic amines is 1. The zero-order chi connectivity index (χ0) is 12.1. The number of nitrogens with zero attached hydrogens (tertiary/aromatic N) is 1. The van der Waals surface area contributed by atoms with Gasteiger partial charge in [-0.1, -0.05) is 53.0 Å². The Morgan fingerprint density at radius 1 is 1.20 bits per heavy atom. The summed E-state index contributed by atoms with van der Waals surface area (Å²) in [7, 11) is 0. The Labute approximate surface area is 93.5 Å². The van der Waals surface area contributed by atoms with Crippen molar-refractivity contribution in [2.75, 3.05) is 0 Å². The molecule has 0 atom stereocenters. The first-order valence-electron chi connectivity index (χ1n) is 5.33. The molecule has 2 heteroatoms. The van der Waals surface area contributed by atoms with E-state index in [0.717, 1.165) is 11.4 Å². The molecular weight excluding hydrogens is 184 g/mol. The molecule has 2 nitrogen and oxygen atoms in total. The van der Waals surface area contributed by atoms with Gasteiger partial charge in [0, 0.05) is 0 Å². The van der Waals surface area contributed by atoms with E-state index in [-0.39, 0.29) is 0 Å². The van der Waals surface area contributed by atoms with Gasteiger partial charge in [-0.3, -0.25) is 0 Å². The molecule has 1 rings (SSSR count). The zero-order valence-electron chi connectivity index (χ0n) is 10.2. The summed E-state index contributed by atoms with van der Waals surface area (Å²) in [6, 6.07) is 0. The second-order valence-corrected chi connectivity index (χ2v) is 2.00. The maximum absolute atomic E-state index is 4.03. The molecule has 0 radical (unpaired) electrons. The molecule has 0 spiro atoms. The molecule has 0 fully saturated rings. The first kappa shape index (κ1) is 15.9. The Kier molecular flexibility index (Phi) is 13.2. The highest BCUT2D eigenvalue weighted by atomic mass is 14.9. The van der Waals surface area contributed by atoms with Crippen molar-refractivity contribution in [2.45, 2.75) is 27.7 Å². The topological polar surface area (TPSA) is 28.7 Å². The van der Waals surface area contributed by atoms with E-state index in [1.54, 1.807) is 18.5 Å².